The maximum Gasteiger partial charge on any atom is 0.281 e. The highest BCUT2D eigenvalue weighted by Crippen LogP contribution is 2.17. The van der Waals surface area contributed by atoms with E-state index in [2.05, 4.69) is 15.0 Å². The van der Waals surface area contributed by atoms with Gasteiger partial charge in [-0.2, -0.15) is 4.99 Å². The van der Waals surface area contributed by atoms with Crippen LogP contribution in [0.3, 0.4) is 0 Å². The van der Waals surface area contributed by atoms with E-state index in [1.54, 1.807) is 12.4 Å². The average Bonchev–Trinajstić information content (AvgIpc) is 3.19. The summed E-state index contributed by atoms with van der Waals surface area (Å²) in [5.74, 6) is -0.277. The molecule has 0 fully saturated rings. The van der Waals surface area contributed by atoms with Crippen molar-refractivity contribution in [1.82, 2.24) is 14.5 Å². The molecule has 0 saturated heterocycles. The van der Waals surface area contributed by atoms with Crippen LogP contribution in [0, 0.1) is 6.92 Å². The number of carbonyl (C=O) groups excluding carboxylic acids is 1. The van der Waals surface area contributed by atoms with Crippen LogP contribution in [-0.4, -0.2) is 20.4 Å². The second-order valence-corrected chi connectivity index (χ2v) is 6.19. The van der Waals surface area contributed by atoms with Gasteiger partial charge in [0.05, 0.1) is 5.56 Å². The number of pyridine rings is 1. The van der Waals surface area contributed by atoms with Crippen molar-refractivity contribution < 1.29 is 4.79 Å². The Labute approximate surface area is 142 Å². The number of nitrogens with zero attached hydrogens (tertiary/aromatic N) is 3. The van der Waals surface area contributed by atoms with E-state index in [-0.39, 0.29) is 5.91 Å². The Bertz CT molecular complexity index is 1090. The summed E-state index contributed by atoms with van der Waals surface area (Å²) in [6, 6.07) is 13.6. The minimum Gasteiger partial charge on any atom is -0.345 e. The number of hydrogen-bond acceptors (Lipinski definition) is 3. The van der Waals surface area contributed by atoms with Crippen LogP contribution >= 0.6 is 11.3 Å². The molecule has 6 heteroatoms. The quantitative estimate of drug-likeness (QED) is 0.610. The number of hydrogen-bond donors (Lipinski definition) is 1. The average molecular weight is 334 g/mol. The van der Waals surface area contributed by atoms with Crippen LogP contribution in [0.1, 0.15) is 16.1 Å². The maximum absolute atomic E-state index is 12.7. The minimum atomic E-state index is -0.277. The zero-order valence-electron chi connectivity index (χ0n) is 12.9. The molecule has 0 bridgehead atoms. The number of aromatic amines is 1. The number of amides is 1. The first-order valence-corrected chi connectivity index (χ1v) is 8.36. The summed E-state index contributed by atoms with van der Waals surface area (Å²) in [6.07, 6.45) is 3.35. The summed E-state index contributed by atoms with van der Waals surface area (Å²) in [5, 5.41) is 2.78. The molecule has 1 aromatic carbocycles. The van der Waals surface area contributed by atoms with Crippen molar-refractivity contribution in [3.8, 4) is 5.69 Å². The van der Waals surface area contributed by atoms with E-state index >= 15 is 0 Å². The van der Waals surface area contributed by atoms with Crippen LogP contribution < -0.4 is 4.80 Å². The van der Waals surface area contributed by atoms with Crippen LogP contribution in [0.15, 0.2) is 65.2 Å². The number of rotatable bonds is 2. The van der Waals surface area contributed by atoms with Gasteiger partial charge < -0.3 is 4.98 Å². The number of thiazole rings is 1. The molecule has 0 spiro atoms. The van der Waals surface area contributed by atoms with Crippen LogP contribution in [0.4, 0.5) is 0 Å². The Morgan fingerprint density at radius 2 is 2.04 bits per heavy atom. The number of nitrogens with one attached hydrogen (secondary N) is 1. The molecule has 4 aromatic rings. The van der Waals surface area contributed by atoms with Crippen molar-refractivity contribution in [3.05, 3.63) is 76.3 Å². The molecule has 0 aliphatic carbocycles. The number of aryl methyl sites for hydroxylation is 1. The van der Waals surface area contributed by atoms with Gasteiger partial charge in [0.25, 0.3) is 5.91 Å². The Hall–Kier alpha value is -2.99. The van der Waals surface area contributed by atoms with Gasteiger partial charge in [0.15, 0.2) is 4.80 Å². The molecule has 0 aliphatic rings. The second-order valence-electron chi connectivity index (χ2n) is 5.35. The van der Waals surface area contributed by atoms with Gasteiger partial charge in [-0.1, -0.05) is 18.2 Å². The van der Waals surface area contributed by atoms with E-state index in [4.69, 9.17) is 0 Å². The zero-order chi connectivity index (χ0) is 16.5. The van der Waals surface area contributed by atoms with Gasteiger partial charge in [-0.05, 0) is 31.2 Å². The number of carbonyl (C=O) groups is 1. The molecule has 0 atom stereocenters. The molecule has 4 rings (SSSR count). The molecule has 0 aliphatic heterocycles. The molecule has 0 radical (unpaired) electrons. The Morgan fingerprint density at radius 1 is 1.21 bits per heavy atom. The normalized spacial score (nSPS) is 12.0. The fraction of sp³-hybridized carbons (Fsp3) is 0.0556. The van der Waals surface area contributed by atoms with Gasteiger partial charge in [-0.25, -0.2) is 4.98 Å². The largest absolute Gasteiger partial charge is 0.345 e. The van der Waals surface area contributed by atoms with E-state index in [1.807, 2.05) is 59.3 Å². The fourth-order valence-electron chi connectivity index (χ4n) is 2.64. The van der Waals surface area contributed by atoms with Crippen molar-refractivity contribution in [1.29, 1.82) is 0 Å². The highest BCUT2D eigenvalue weighted by Gasteiger charge is 2.12. The number of fused-ring (bicyclic) bond motifs is 1. The minimum absolute atomic E-state index is 0.277. The number of H-pyrrole nitrogens is 1. The fourth-order valence-corrected chi connectivity index (χ4v) is 3.51. The molecular weight excluding hydrogens is 320 g/mol. The van der Waals surface area contributed by atoms with Crippen LogP contribution in [0.25, 0.3) is 16.7 Å². The topological polar surface area (TPSA) is 63.0 Å². The monoisotopic (exact) mass is 334 g/mol. The first kappa shape index (κ1) is 14.6. The lowest BCUT2D eigenvalue weighted by molar-refractivity contribution is 0.0999. The summed E-state index contributed by atoms with van der Waals surface area (Å²) in [7, 11) is 0. The maximum atomic E-state index is 12.7. The van der Waals surface area contributed by atoms with E-state index in [0.717, 1.165) is 16.8 Å². The summed E-state index contributed by atoms with van der Waals surface area (Å²) >= 11 is 1.45. The molecule has 0 saturated carbocycles. The molecule has 5 nitrogen and oxygen atoms in total. The zero-order valence-corrected chi connectivity index (χ0v) is 13.7. The van der Waals surface area contributed by atoms with Crippen molar-refractivity contribution in [2.75, 3.05) is 0 Å². The van der Waals surface area contributed by atoms with Gasteiger partial charge in [0.1, 0.15) is 5.65 Å². The van der Waals surface area contributed by atoms with Crippen molar-refractivity contribution in [3.63, 3.8) is 0 Å². The predicted molar refractivity (Wildman–Crippen MR) is 94.4 cm³/mol. The molecule has 24 heavy (non-hydrogen) atoms. The summed E-state index contributed by atoms with van der Waals surface area (Å²) in [6.45, 7) is 2.00. The Morgan fingerprint density at radius 3 is 2.88 bits per heavy atom. The highest BCUT2D eigenvalue weighted by molar-refractivity contribution is 7.07. The highest BCUT2D eigenvalue weighted by atomic mass is 32.1. The first-order chi connectivity index (χ1) is 11.7. The first-order valence-electron chi connectivity index (χ1n) is 7.48. The molecule has 0 unspecified atom stereocenters. The van der Waals surface area contributed by atoms with E-state index in [9.17, 15) is 4.79 Å². The Balaban J connectivity index is 1.84. The third kappa shape index (κ3) is 2.47. The summed E-state index contributed by atoms with van der Waals surface area (Å²) in [4.78, 5) is 24.9. The third-order valence-corrected chi connectivity index (χ3v) is 4.72. The lowest BCUT2D eigenvalue weighted by Gasteiger charge is -2.05. The van der Waals surface area contributed by atoms with Gasteiger partial charge in [0, 0.05) is 34.5 Å². The predicted octanol–water partition coefficient (Wildman–Crippen LogP) is 3.46. The van der Waals surface area contributed by atoms with E-state index in [0.29, 0.717) is 16.0 Å². The SMILES string of the molecule is Cc1cs/c(=N\C(=O)c2c[nH]c3ncccc23)n1-c1ccccc1. The van der Waals surface area contributed by atoms with Crippen LogP contribution in [0.2, 0.25) is 0 Å². The standard InChI is InChI=1S/C18H14N4OS/c1-12-11-24-18(22(12)13-6-3-2-4-7-13)21-17(23)15-10-20-16-14(15)8-5-9-19-16/h2-11H,1H3,(H,19,20)/b21-18-. The molecule has 118 valence electrons. The number of para-hydroxylation sites is 1. The number of aromatic nitrogens is 3. The van der Waals surface area contributed by atoms with Crippen molar-refractivity contribution >= 4 is 28.3 Å². The molecular formula is C18H14N4OS. The Kier molecular flexibility index (Phi) is 3.59. The lowest BCUT2D eigenvalue weighted by Crippen LogP contribution is -2.16. The van der Waals surface area contributed by atoms with Gasteiger partial charge in [-0.15, -0.1) is 11.3 Å². The van der Waals surface area contributed by atoms with Gasteiger partial charge in [-0.3, -0.25) is 9.36 Å². The molecule has 1 N–H and O–H groups in total. The van der Waals surface area contributed by atoms with E-state index in [1.165, 1.54) is 11.3 Å². The van der Waals surface area contributed by atoms with Gasteiger partial charge >= 0.3 is 0 Å². The summed E-state index contributed by atoms with van der Waals surface area (Å²) < 4.78 is 1.98. The van der Waals surface area contributed by atoms with Crippen LogP contribution in [0.5, 0.6) is 0 Å². The second kappa shape index (κ2) is 5.90. The summed E-state index contributed by atoms with van der Waals surface area (Å²) in [5.41, 5.74) is 3.25. The molecule has 3 heterocycles. The van der Waals surface area contributed by atoms with Crippen molar-refractivity contribution in [2.45, 2.75) is 6.92 Å². The van der Waals surface area contributed by atoms with Gasteiger partial charge in [0.2, 0.25) is 0 Å². The third-order valence-electron chi connectivity index (χ3n) is 3.77. The number of benzene rings is 1. The smallest absolute Gasteiger partial charge is 0.281 e. The molecule has 3 aromatic heterocycles. The van der Waals surface area contributed by atoms with Crippen molar-refractivity contribution in [2.24, 2.45) is 4.99 Å². The van der Waals surface area contributed by atoms with E-state index < -0.39 is 0 Å². The lowest BCUT2D eigenvalue weighted by atomic mass is 10.2. The molecule has 1 amide bonds. The van der Waals surface area contributed by atoms with Crippen LogP contribution in [-0.2, 0) is 0 Å².